The van der Waals surface area contributed by atoms with Gasteiger partial charge in [0.05, 0.1) is 5.69 Å². The normalized spacial score (nSPS) is 12.1. The Kier molecular flexibility index (Phi) is 5.57. The number of carbonyl (C=O) groups excluding carboxylic acids is 1. The number of carbonyl (C=O) groups is 1. The van der Waals surface area contributed by atoms with E-state index in [0.29, 0.717) is 23.6 Å². The van der Waals surface area contributed by atoms with Crippen molar-refractivity contribution in [2.75, 3.05) is 5.32 Å². The summed E-state index contributed by atoms with van der Waals surface area (Å²) in [6, 6.07) is 11.4. The molecule has 2 heterocycles. The molecule has 1 unspecified atom stereocenters. The minimum absolute atomic E-state index is 0.105. The molecule has 4 aromatic rings. The number of hydrogen-bond acceptors (Lipinski definition) is 4. The molecule has 4 rings (SSSR count). The first kappa shape index (κ1) is 20.4. The number of halogens is 2. The number of benzene rings is 2. The molecule has 0 bridgehead atoms. The third kappa shape index (κ3) is 4.50. The minimum atomic E-state index is -0.447. The minimum Gasteiger partial charge on any atom is -0.326 e. The summed E-state index contributed by atoms with van der Waals surface area (Å²) < 4.78 is 29.6. The van der Waals surface area contributed by atoms with Gasteiger partial charge in [0.1, 0.15) is 17.5 Å². The van der Waals surface area contributed by atoms with Crippen molar-refractivity contribution in [3.8, 4) is 5.69 Å². The van der Waals surface area contributed by atoms with Crippen molar-refractivity contribution >= 4 is 17.2 Å². The monoisotopic (exact) mass is 423 g/mol. The second kappa shape index (κ2) is 8.47. The summed E-state index contributed by atoms with van der Waals surface area (Å²) in [5, 5.41) is 10.7. The van der Waals surface area contributed by atoms with Crippen LogP contribution in [-0.2, 0) is 11.2 Å². The van der Waals surface area contributed by atoms with Crippen molar-refractivity contribution in [2.45, 2.75) is 19.8 Å². The summed E-state index contributed by atoms with van der Waals surface area (Å²) in [6.07, 6.45) is 3.75. The molecule has 9 heteroatoms. The Bertz CT molecular complexity index is 1310. The number of anilines is 1. The molecule has 0 aliphatic heterocycles. The van der Waals surface area contributed by atoms with Gasteiger partial charge in [0.25, 0.3) is 0 Å². The number of aromatic nitrogens is 4. The van der Waals surface area contributed by atoms with Gasteiger partial charge in [-0.2, -0.15) is 0 Å². The summed E-state index contributed by atoms with van der Waals surface area (Å²) in [4.78, 5) is 25.0. The van der Waals surface area contributed by atoms with Crippen LogP contribution in [0, 0.1) is 17.6 Å². The van der Waals surface area contributed by atoms with Crippen LogP contribution in [0.3, 0.4) is 0 Å². The van der Waals surface area contributed by atoms with Crippen LogP contribution in [0.2, 0.25) is 0 Å². The second-order valence-electron chi connectivity index (χ2n) is 7.33. The summed E-state index contributed by atoms with van der Waals surface area (Å²) in [5.74, 6) is -0.696. The van der Waals surface area contributed by atoms with E-state index >= 15 is 0 Å². The standard InChI is InChI=1S/C22H19F2N5O2/c1-14(11-20(30)25-17-6-2-4-15(23)12-17)10-19-26-27-21-22(31)28(8-9-29(19)21)18-7-3-5-16(24)13-18/h2-9,12-14H,10-11H2,1H3,(H,25,30). The number of nitrogens with zero attached hydrogens (tertiary/aromatic N) is 4. The molecule has 31 heavy (non-hydrogen) atoms. The van der Waals surface area contributed by atoms with Crippen LogP contribution in [0.15, 0.2) is 65.7 Å². The SMILES string of the molecule is CC(CC(=O)Nc1cccc(F)c1)Cc1nnc2c(=O)n(-c3cccc(F)c3)ccn12. The second-order valence-corrected chi connectivity index (χ2v) is 7.33. The number of fused-ring (bicyclic) bond motifs is 1. The molecule has 0 saturated heterocycles. The van der Waals surface area contributed by atoms with E-state index in [1.54, 1.807) is 22.7 Å². The van der Waals surface area contributed by atoms with Gasteiger partial charge in [-0.05, 0) is 42.3 Å². The molecule has 7 nitrogen and oxygen atoms in total. The zero-order valence-corrected chi connectivity index (χ0v) is 16.6. The Morgan fingerprint density at radius 2 is 1.81 bits per heavy atom. The van der Waals surface area contributed by atoms with Crippen molar-refractivity contribution in [2.24, 2.45) is 5.92 Å². The van der Waals surface area contributed by atoms with Gasteiger partial charge in [-0.25, -0.2) is 8.78 Å². The van der Waals surface area contributed by atoms with Gasteiger partial charge in [-0.1, -0.05) is 19.1 Å². The third-order valence-corrected chi connectivity index (χ3v) is 4.80. The molecule has 1 amide bonds. The number of amides is 1. The fraction of sp³-hybridized carbons (Fsp3) is 0.182. The average Bonchev–Trinajstić information content (AvgIpc) is 3.11. The van der Waals surface area contributed by atoms with Crippen molar-refractivity contribution in [3.63, 3.8) is 0 Å². The molecular weight excluding hydrogens is 404 g/mol. The quantitative estimate of drug-likeness (QED) is 0.516. The molecule has 0 spiro atoms. The van der Waals surface area contributed by atoms with Crippen LogP contribution in [-0.4, -0.2) is 25.1 Å². The lowest BCUT2D eigenvalue weighted by Gasteiger charge is -2.11. The summed E-state index contributed by atoms with van der Waals surface area (Å²) in [7, 11) is 0. The van der Waals surface area contributed by atoms with E-state index in [2.05, 4.69) is 15.5 Å². The first-order valence-corrected chi connectivity index (χ1v) is 9.67. The molecule has 158 valence electrons. The fourth-order valence-corrected chi connectivity index (χ4v) is 3.38. The lowest BCUT2D eigenvalue weighted by molar-refractivity contribution is -0.116. The highest BCUT2D eigenvalue weighted by atomic mass is 19.1. The smallest absolute Gasteiger partial charge is 0.300 e. The van der Waals surface area contributed by atoms with Gasteiger partial charge in [0, 0.05) is 30.9 Å². The predicted octanol–water partition coefficient (Wildman–Crippen LogP) is 3.37. The summed E-state index contributed by atoms with van der Waals surface area (Å²) >= 11 is 0. The maximum absolute atomic E-state index is 13.5. The van der Waals surface area contributed by atoms with Crippen molar-refractivity contribution in [1.29, 1.82) is 0 Å². The van der Waals surface area contributed by atoms with Gasteiger partial charge in [-0.3, -0.25) is 18.6 Å². The molecule has 1 N–H and O–H groups in total. The molecule has 0 aliphatic carbocycles. The van der Waals surface area contributed by atoms with Crippen LogP contribution in [0.5, 0.6) is 0 Å². The van der Waals surface area contributed by atoms with Crippen LogP contribution in [0.25, 0.3) is 11.3 Å². The first-order valence-electron chi connectivity index (χ1n) is 9.67. The van der Waals surface area contributed by atoms with Gasteiger partial charge in [-0.15, -0.1) is 10.2 Å². The highest BCUT2D eigenvalue weighted by Gasteiger charge is 2.16. The van der Waals surface area contributed by atoms with Gasteiger partial charge >= 0.3 is 5.56 Å². The summed E-state index contributed by atoms with van der Waals surface area (Å²) in [5.41, 5.74) is 0.462. The molecular formula is C22H19F2N5O2. The van der Waals surface area contributed by atoms with E-state index in [9.17, 15) is 18.4 Å². The van der Waals surface area contributed by atoms with E-state index in [0.717, 1.165) is 0 Å². The van der Waals surface area contributed by atoms with Crippen molar-refractivity contribution in [3.05, 3.63) is 88.7 Å². The average molecular weight is 423 g/mol. The predicted molar refractivity (Wildman–Crippen MR) is 111 cm³/mol. The highest BCUT2D eigenvalue weighted by Crippen LogP contribution is 2.15. The lowest BCUT2D eigenvalue weighted by atomic mass is 10.0. The Morgan fingerprint density at radius 1 is 1.06 bits per heavy atom. The largest absolute Gasteiger partial charge is 0.326 e. The number of hydrogen-bond donors (Lipinski definition) is 1. The molecule has 0 radical (unpaired) electrons. The van der Waals surface area contributed by atoms with Crippen LogP contribution >= 0.6 is 0 Å². The number of nitrogens with one attached hydrogen (secondary N) is 1. The van der Waals surface area contributed by atoms with E-state index in [1.807, 2.05) is 6.92 Å². The van der Waals surface area contributed by atoms with Crippen molar-refractivity contribution < 1.29 is 13.6 Å². The zero-order valence-electron chi connectivity index (χ0n) is 16.6. The maximum atomic E-state index is 13.5. The maximum Gasteiger partial charge on any atom is 0.300 e. The fourth-order valence-electron chi connectivity index (χ4n) is 3.38. The van der Waals surface area contributed by atoms with Crippen LogP contribution < -0.4 is 10.9 Å². The van der Waals surface area contributed by atoms with E-state index < -0.39 is 17.2 Å². The Balaban J connectivity index is 1.49. The topological polar surface area (TPSA) is 81.3 Å². The highest BCUT2D eigenvalue weighted by molar-refractivity contribution is 5.90. The van der Waals surface area contributed by atoms with Crippen molar-refractivity contribution in [1.82, 2.24) is 19.2 Å². The van der Waals surface area contributed by atoms with Gasteiger partial charge in [0.15, 0.2) is 0 Å². The third-order valence-electron chi connectivity index (χ3n) is 4.80. The van der Waals surface area contributed by atoms with Crippen LogP contribution in [0.1, 0.15) is 19.2 Å². The van der Waals surface area contributed by atoms with E-state index in [4.69, 9.17) is 0 Å². The van der Waals surface area contributed by atoms with Gasteiger partial charge in [0.2, 0.25) is 11.6 Å². The first-order chi connectivity index (χ1) is 14.9. The lowest BCUT2D eigenvalue weighted by Crippen LogP contribution is -2.21. The van der Waals surface area contributed by atoms with Crippen LogP contribution in [0.4, 0.5) is 14.5 Å². The molecule has 0 fully saturated rings. The Hall–Kier alpha value is -3.88. The molecule has 1 atom stereocenters. The zero-order chi connectivity index (χ0) is 22.0. The molecule has 2 aromatic carbocycles. The Labute approximate surface area is 176 Å². The molecule has 0 aliphatic rings. The van der Waals surface area contributed by atoms with E-state index in [-0.39, 0.29) is 23.9 Å². The Morgan fingerprint density at radius 3 is 2.55 bits per heavy atom. The van der Waals surface area contributed by atoms with Gasteiger partial charge < -0.3 is 5.32 Å². The molecule has 0 saturated carbocycles. The van der Waals surface area contributed by atoms with E-state index in [1.165, 1.54) is 47.2 Å². The summed E-state index contributed by atoms with van der Waals surface area (Å²) in [6.45, 7) is 1.88. The number of rotatable bonds is 6. The molecule has 2 aromatic heterocycles.